The van der Waals surface area contributed by atoms with Gasteiger partial charge in [-0.15, -0.1) is 10.2 Å². The fourth-order valence-corrected chi connectivity index (χ4v) is 2.70. The van der Waals surface area contributed by atoms with Crippen LogP contribution < -0.4 is 5.56 Å². The van der Waals surface area contributed by atoms with E-state index in [1.54, 1.807) is 18.8 Å². The average molecular weight is 260 g/mol. The lowest BCUT2D eigenvalue weighted by Crippen LogP contribution is -2.20. The molecule has 3 aromatic rings. The molecule has 1 aromatic carbocycles. The van der Waals surface area contributed by atoms with E-state index in [0.717, 1.165) is 16.4 Å². The van der Waals surface area contributed by atoms with Gasteiger partial charge in [0, 0.05) is 7.05 Å². The van der Waals surface area contributed by atoms with E-state index >= 15 is 0 Å². The van der Waals surface area contributed by atoms with Gasteiger partial charge in [0.1, 0.15) is 0 Å². The molecule has 0 bridgehead atoms. The van der Waals surface area contributed by atoms with Crippen LogP contribution in [-0.4, -0.2) is 24.9 Å². The largest absolute Gasteiger partial charge is 0.279 e. The Morgan fingerprint density at radius 2 is 2.06 bits per heavy atom. The zero-order valence-corrected chi connectivity index (χ0v) is 10.9. The molecule has 0 spiro atoms. The van der Waals surface area contributed by atoms with Crippen molar-refractivity contribution in [1.82, 2.24) is 19.2 Å². The van der Waals surface area contributed by atoms with Crippen molar-refractivity contribution in [2.24, 2.45) is 7.05 Å². The van der Waals surface area contributed by atoms with Gasteiger partial charge in [-0.1, -0.05) is 30.8 Å². The molecule has 0 saturated carbocycles. The van der Waals surface area contributed by atoms with Gasteiger partial charge >= 0.3 is 0 Å². The smallest absolute Gasteiger partial charge is 0.262 e. The molecule has 92 valence electrons. The highest BCUT2D eigenvalue weighted by atomic mass is 32.2. The lowest BCUT2D eigenvalue weighted by Gasteiger charge is -2.06. The van der Waals surface area contributed by atoms with Crippen molar-refractivity contribution in [3.05, 3.63) is 34.6 Å². The molecule has 0 radical (unpaired) electrons. The molecule has 0 unspecified atom stereocenters. The summed E-state index contributed by atoms with van der Waals surface area (Å²) in [6.07, 6.45) is 0. The number of para-hydroxylation sites is 1. The number of rotatable bonds is 2. The molecule has 0 saturated heterocycles. The molecule has 6 heteroatoms. The van der Waals surface area contributed by atoms with Crippen LogP contribution in [0, 0.1) is 0 Å². The normalized spacial score (nSPS) is 11.4. The van der Waals surface area contributed by atoms with Gasteiger partial charge < -0.3 is 0 Å². The van der Waals surface area contributed by atoms with Crippen molar-refractivity contribution in [3.63, 3.8) is 0 Å². The molecule has 0 aliphatic rings. The molecular weight excluding hydrogens is 248 g/mol. The number of fused-ring (bicyclic) bond motifs is 3. The molecule has 18 heavy (non-hydrogen) atoms. The van der Waals surface area contributed by atoms with Crippen LogP contribution in [-0.2, 0) is 7.05 Å². The summed E-state index contributed by atoms with van der Waals surface area (Å²) >= 11 is 1.61. The summed E-state index contributed by atoms with van der Waals surface area (Å²) in [5, 5.41) is 9.76. The van der Waals surface area contributed by atoms with E-state index in [-0.39, 0.29) is 5.56 Å². The minimum atomic E-state index is -0.0430. The molecule has 5 nitrogen and oxygen atoms in total. The van der Waals surface area contributed by atoms with E-state index in [1.165, 1.54) is 4.57 Å². The Bertz CT molecular complexity index is 790. The first-order chi connectivity index (χ1) is 8.74. The highest BCUT2D eigenvalue weighted by Gasteiger charge is 2.13. The van der Waals surface area contributed by atoms with Crippen molar-refractivity contribution in [1.29, 1.82) is 0 Å². The number of thioether (sulfide) groups is 1. The van der Waals surface area contributed by atoms with Gasteiger partial charge in [-0.3, -0.25) is 13.8 Å². The van der Waals surface area contributed by atoms with Gasteiger partial charge in [-0.25, -0.2) is 0 Å². The second kappa shape index (κ2) is 4.13. The number of aromatic nitrogens is 4. The van der Waals surface area contributed by atoms with E-state index in [2.05, 4.69) is 17.1 Å². The summed E-state index contributed by atoms with van der Waals surface area (Å²) in [6, 6.07) is 7.54. The predicted molar refractivity (Wildman–Crippen MR) is 72.1 cm³/mol. The van der Waals surface area contributed by atoms with Gasteiger partial charge in [0.2, 0.25) is 5.78 Å². The van der Waals surface area contributed by atoms with E-state index in [9.17, 15) is 4.79 Å². The molecule has 0 amide bonds. The van der Waals surface area contributed by atoms with E-state index in [0.29, 0.717) is 11.2 Å². The quantitative estimate of drug-likeness (QED) is 0.658. The van der Waals surface area contributed by atoms with Crippen LogP contribution in [0.15, 0.2) is 34.2 Å². The SMILES string of the molecule is CCSc1nnc2n(C)c(=O)c3ccccc3n12. The summed E-state index contributed by atoms with van der Waals surface area (Å²) in [6.45, 7) is 2.07. The molecular formula is C12H12N4OS. The Labute approximate surface area is 107 Å². The van der Waals surface area contributed by atoms with Crippen molar-refractivity contribution >= 4 is 28.4 Å². The molecule has 0 N–H and O–H groups in total. The predicted octanol–water partition coefficient (Wildman–Crippen LogP) is 1.69. The Kier molecular flexibility index (Phi) is 2.59. The first kappa shape index (κ1) is 11.3. The summed E-state index contributed by atoms with van der Waals surface area (Å²) in [5.74, 6) is 1.49. The number of benzene rings is 1. The molecule has 2 aromatic heterocycles. The van der Waals surface area contributed by atoms with E-state index in [1.807, 2.05) is 28.7 Å². The third kappa shape index (κ3) is 1.45. The third-order valence-corrected chi connectivity index (χ3v) is 3.68. The molecule has 2 heterocycles. The lowest BCUT2D eigenvalue weighted by molar-refractivity contribution is 0.853. The number of hydrogen-bond acceptors (Lipinski definition) is 4. The average Bonchev–Trinajstić information content (AvgIpc) is 2.81. The Morgan fingerprint density at radius 1 is 1.28 bits per heavy atom. The van der Waals surface area contributed by atoms with E-state index in [4.69, 9.17) is 0 Å². The zero-order chi connectivity index (χ0) is 12.7. The highest BCUT2D eigenvalue weighted by molar-refractivity contribution is 7.99. The molecule has 0 aliphatic carbocycles. The number of hydrogen-bond donors (Lipinski definition) is 0. The maximum absolute atomic E-state index is 12.2. The number of aryl methyl sites for hydroxylation is 1. The van der Waals surface area contributed by atoms with Crippen molar-refractivity contribution < 1.29 is 0 Å². The van der Waals surface area contributed by atoms with Gasteiger partial charge in [-0.2, -0.15) is 0 Å². The topological polar surface area (TPSA) is 52.2 Å². The third-order valence-electron chi connectivity index (χ3n) is 2.87. The minimum absolute atomic E-state index is 0.0430. The first-order valence-corrected chi connectivity index (χ1v) is 6.68. The summed E-state index contributed by atoms with van der Waals surface area (Å²) < 4.78 is 3.47. The van der Waals surface area contributed by atoms with Crippen molar-refractivity contribution in [2.75, 3.05) is 5.75 Å². The van der Waals surface area contributed by atoms with Crippen LogP contribution in [0.4, 0.5) is 0 Å². The van der Waals surface area contributed by atoms with Gasteiger partial charge in [0.15, 0.2) is 5.16 Å². The fourth-order valence-electron chi connectivity index (χ4n) is 2.03. The van der Waals surface area contributed by atoms with Crippen molar-refractivity contribution in [3.8, 4) is 0 Å². The second-order valence-corrected chi connectivity index (χ2v) is 5.16. The molecule has 0 fully saturated rings. The first-order valence-electron chi connectivity index (χ1n) is 5.69. The molecule has 0 atom stereocenters. The monoisotopic (exact) mass is 260 g/mol. The molecule has 3 rings (SSSR count). The Hall–Kier alpha value is -1.82. The lowest BCUT2D eigenvalue weighted by atomic mass is 10.2. The maximum Gasteiger partial charge on any atom is 0.262 e. The van der Waals surface area contributed by atoms with E-state index < -0.39 is 0 Å². The Balaban J connectivity index is 2.56. The van der Waals surface area contributed by atoms with Gasteiger partial charge in [0.25, 0.3) is 5.56 Å². The Morgan fingerprint density at radius 3 is 2.83 bits per heavy atom. The minimum Gasteiger partial charge on any atom is -0.279 e. The van der Waals surface area contributed by atoms with Crippen LogP contribution in [0.1, 0.15) is 6.92 Å². The van der Waals surface area contributed by atoms with Gasteiger partial charge in [0.05, 0.1) is 10.9 Å². The number of nitrogens with zero attached hydrogens (tertiary/aromatic N) is 4. The van der Waals surface area contributed by atoms with Crippen molar-refractivity contribution in [2.45, 2.75) is 12.1 Å². The second-order valence-electron chi connectivity index (χ2n) is 3.93. The van der Waals surface area contributed by atoms with Crippen LogP contribution in [0.3, 0.4) is 0 Å². The van der Waals surface area contributed by atoms with Gasteiger partial charge in [-0.05, 0) is 17.9 Å². The van der Waals surface area contributed by atoms with Crippen LogP contribution in [0.25, 0.3) is 16.7 Å². The highest BCUT2D eigenvalue weighted by Crippen LogP contribution is 2.20. The fraction of sp³-hybridized carbons (Fsp3) is 0.250. The summed E-state index contributed by atoms with van der Waals surface area (Å²) in [7, 11) is 1.72. The maximum atomic E-state index is 12.2. The van der Waals surface area contributed by atoms with Crippen LogP contribution >= 0.6 is 11.8 Å². The summed E-state index contributed by atoms with van der Waals surface area (Å²) in [5.41, 5.74) is 0.815. The standard InChI is InChI=1S/C12H12N4OS/c1-3-18-12-14-13-11-15(2)10(17)8-6-4-5-7-9(8)16(11)12/h4-7H,3H2,1-2H3. The molecule has 0 aliphatic heterocycles. The van der Waals surface area contributed by atoms with Crippen LogP contribution in [0.5, 0.6) is 0 Å². The zero-order valence-electron chi connectivity index (χ0n) is 10.1. The summed E-state index contributed by atoms with van der Waals surface area (Å²) in [4.78, 5) is 12.2. The van der Waals surface area contributed by atoms with Crippen LogP contribution in [0.2, 0.25) is 0 Å².